The van der Waals surface area contributed by atoms with Crippen LogP contribution in [0.15, 0.2) is 78.4 Å². The molecule has 0 aliphatic carbocycles. The highest BCUT2D eigenvalue weighted by Gasteiger charge is 2.45. The van der Waals surface area contributed by atoms with Gasteiger partial charge in [0, 0.05) is 12.1 Å². The van der Waals surface area contributed by atoms with Crippen molar-refractivity contribution in [2.24, 2.45) is 0 Å². The highest BCUT2D eigenvalue weighted by atomic mass is 16.5. The molecule has 4 rings (SSSR count). The zero-order chi connectivity index (χ0) is 25.7. The maximum Gasteiger partial charge on any atom is 0.295 e. The van der Waals surface area contributed by atoms with Crippen LogP contribution in [0.4, 0.5) is 0 Å². The van der Waals surface area contributed by atoms with Crippen LogP contribution in [0.3, 0.4) is 0 Å². The SMILES string of the molecule is CCCN1C(=O)C(=O)/C(=C(\O)c2ccc(OCc3ccccc3)c(C)c2)C1c1ccc(OCC)cc1. The molecular formula is C30H31NO5. The highest BCUT2D eigenvalue weighted by Crippen LogP contribution is 2.40. The number of ketones is 1. The van der Waals surface area contributed by atoms with E-state index in [-0.39, 0.29) is 11.3 Å². The molecule has 1 aliphatic rings. The fourth-order valence-electron chi connectivity index (χ4n) is 4.46. The number of aliphatic hydroxyl groups excluding tert-OH is 1. The number of hydrogen-bond donors (Lipinski definition) is 1. The first-order valence-electron chi connectivity index (χ1n) is 12.2. The van der Waals surface area contributed by atoms with Gasteiger partial charge in [-0.25, -0.2) is 0 Å². The summed E-state index contributed by atoms with van der Waals surface area (Å²) in [5.74, 6) is -0.0810. The normalized spacial score (nSPS) is 16.9. The fraction of sp³-hybridized carbons (Fsp3) is 0.267. The van der Waals surface area contributed by atoms with Crippen LogP contribution in [0.1, 0.15) is 48.6 Å². The van der Waals surface area contributed by atoms with Gasteiger partial charge in [-0.3, -0.25) is 9.59 Å². The van der Waals surface area contributed by atoms with E-state index in [1.165, 1.54) is 4.90 Å². The van der Waals surface area contributed by atoms with Crippen molar-refractivity contribution in [2.45, 2.75) is 39.8 Å². The molecule has 186 valence electrons. The first kappa shape index (κ1) is 25.0. The molecule has 1 atom stereocenters. The van der Waals surface area contributed by atoms with E-state index in [1.54, 1.807) is 18.2 Å². The molecule has 1 heterocycles. The molecule has 36 heavy (non-hydrogen) atoms. The standard InChI is InChI=1S/C30H31NO5/c1-4-17-31-27(22-11-14-24(15-12-22)35-5-2)26(29(33)30(31)34)28(32)23-13-16-25(20(3)18-23)36-19-21-9-7-6-8-10-21/h6-16,18,27,32H,4-5,17,19H2,1-3H3/b28-26-. The molecule has 0 aromatic heterocycles. The molecule has 0 saturated carbocycles. The molecule has 1 fully saturated rings. The molecule has 3 aromatic rings. The number of amides is 1. The average Bonchev–Trinajstić information content (AvgIpc) is 3.14. The Kier molecular flexibility index (Phi) is 7.74. The molecule has 0 bridgehead atoms. The van der Waals surface area contributed by atoms with Crippen molar-refractivity contribution in [1.29, 1.82) is 0 Å². The predicted octanol–water partition coefficient (Wildman–Crippen LogP) is 5.80. The molecule has 1 amide bonds. The number of Topliss-reactive ketones (excluding diaryl/α,β-unsaturated/α-hetero) is 1. The number of aliphatic hydroxyl groups is 1. The van der Waals surface area contributed by atoms with Gasteiger partial charge in [0.15, 0.2) is 0 Å². The molecule has 6 nitrogen and oxygen atoms in total. The van der Waals surface area contributed by atoms with E-state index in [4.69, 9.17) is 9.47 Å². The Hall–Kier alpha value is -4.06. The van der Waals surface area contributed by atoms with Crippen LogP contribution < -0.4 is 9.47 Å². The Morgan fingerprint density at radius 3 is 2.31 bits per heavy atom. The van der Waals surface area contributed by atoms with E-state index in [0.717, 1.165) is 16.7 Å². The number of likely N-dealkylation sites (tertiary alicyclic amines) is 1. The Balaban J connectivity index is 1.68. The monoisotopic (exact) mass is 485 g/mol. The average molecular weight is 486 g/mol. The summed E-state index contributed by atoms with van der Waals surface area (Å²) in [5.41, 5.74) is 3.16. The second-order valence-electron chi connectivity index (χ2n) is 8.75. The molecule has 1 aliphatic heterocycles. The van der Waals surface area contributed by atoms with Gasteiger partial charge >= 0.3 is 0 Å². The largest absolute Gasteiger partial charge is 0.507 e. The van der Waals surface area contributed by atoms with Crippen LogP contribution in [0.5, 0.6) is 11.5 Å². The lowest BCUT2D eigenvalue weighted by molar-refractivity contribution is -0.139. The number of nitrogens with zero attached hydrogens (tertiary/aromatic N) is 1. The molecule has 6 heteroatoms. The van der Waals surface area contributed by atoms with Gasteiger partial charge in [-0.05, 0) is 67.3 Å². The summed E-state index contributed by atoms with van der Waals surface area (Å²) in [6, 6.07) is 21.8. The smallest absolute Gasteiger partial charge is 0.295 e. The fourth-order valence-corrected chi connectivity index (χ4v) is 4.46. The van der Waals surface area contributed by atoms with E-state index in [9.17, 15) is 14.7 Å². The van der Waals surface area contributed by atoms with Crippen molar-refractivity contribution in [1.82, 2.24) is 4.90 Å². The maximum absolute atomic E-state index is 13.1. The van der Waals surface area contributed by atoms with Gasteiger partial charge in [-0.15, -0.1) is 0 Å². The van der Waals surface area contributed by atoms with Crippen LogP contribution in [-0.4, -0.2) is 34.8 Å². The minimum atomic E-state index is -0.679. The number of carbonyl (C=O) groups excluding carboxylic acids is 2. The van der Waals surface area contributed by atoms with E-state index >= 15 is 0 Å². The quantitative estimate of drug-likeness (QED) is 0.235. The van der Waals surface area contributed by atoms with Crippen molar-refractivity contribution in [3.8, 4) is 11.5 Å². The van der Waals surface area contributed by atoms with Crippen molar-refractivity contribution >= 4 is 17.4 Å². The van der Waals surface area contributed by atoms with Crippen molar-refractivity contribution in [3.63, 3.8) is 0 Å². The van der Waals surface area contributed by atoms with Crippen LogP contribution in [0.25, 0.3) is 5.76 Å². The molecule has 1 saturated heterocycles. The predicted molar refractivity (Wildman–Crippen MR) is 139 cm³/mol. The first-order chi connectivity index (χ1) is 17.4. The van der Waals surface area contributed by atoms with Crippen LogP contribution >= 0.6 is 0 Å². The van der Waals surface area contributed by atoms with Crippen molar-refractivity contribution < 1.29 is 24.2 Å². The molecule has 1 N–H and O–H groups in total. The van der Waals surface area contributed by atoms with E-state index in [0.29, 0.717) is 43.2 Å². The number of rotatable bonds is 9. The van der Waals surface area contributed by atoms with E-state index in [2.05, 4.69) is 0 Å². The number of aryl methyl sites for hydroxylation is 1. The highest BCUT2D eigenvalue weighted by molar-refractivity contribution is 6.46. The third-order valence-corrected chi connectivity index (χ3v) is 6.20. The topological polar surface area (TPSA) is 76.1 Å². The number of carbonyl (C=O) groups is 2. The lowest BCUT2D eigenvalue weighted by Gasteiger charge is -2.25. The molecule has 0 radical (unpaired) electrons. The molecule has 3 aromatic carbocycles. The lowest BCUT2D eigenvalue weighted by atomic mass is 9.94. The summed E-state index contributed by atoms with van der Waals surface area (Å²) < 4.78 is 11.5. The molecular weight excluding hydrogens is 454 g/mol. The number of benzene rings is 3. The zero-order valence-corrected chi connectivity index (χ0v) is 20.9. The minimum absolute atomic E-state index is 0.0926. The van der Waals surface area contributed by atoms with Crippen LogP contribution in [0, 0.1) is 6.92 Å². The summed E-state index contributed by atoms with van der Waals surface area (Å²) >= 11 is 0. The van der Waals surface area contributed by atoms with Gasteiger partial charge < -0.3 is 19.5 Å². The van der Waals surface area contributed by atoms with Gasteiger partial charge in [0.1, 0.15) is 23.9 Å². The van der Waals surface area contributed by atoms with Gasteiger partial charge in [0.2, 0.25) is 0 Å². The maximum atomic E-state index is 13.1. The Morgan fingerprint density at radius 1 is 0.944 bits per heavy atom. The van der Waals surface area contributed by atoms with Crippen molar-refractivity contribution in [2.75, 3.05) is 13.2 Å². The van der Waals surface area contributed by atoms with E-state index in [1.807, 2.05) is 75.4 Å². The summed E-state index contributed by atoms with van der Waals surface area (Å²) in [7, 11) is 0. The molecule has 1 unspecified atom stereocenters. The second kappa shape index (κ2) is 11.1. The van der Waals surface area contributed by atoms with Gasteiger partial charge in [-0.1, -0.05) is 49.4 Å². The summed E-state index contributed by atoms with van der Waals surface area (Å²) in [6.45, 7) is 7.11. The first-order valence-corrected chi connectivity index (χ1v) is 12.2. The third kappa shape index (κ3) is 5.13. The van der Waals surface area contributed by atoms with Crippen LogP contribution in [-0.2, 0) is 16.2 Å². The van der Waals surface area contributed by atoms with Crippen molar-refractivity contribution in [3.05, 3.63) is 101 Å². The van der Waals surface area contributed by atoms with Gasteiger partial charge in [0.25, 0.3) is 11.7 Å². The van der Waals surface area contributed by atoms with Crippen LogP contribution in [0.2, 0.25) is 0 Å². The Bertz CT molecular complexity index is 1260. The second-order valence-corrected chi connectivity index (χ2v) is 8.75. The summed E-state index contributed by atoms with van der Waals surface area (Å²) in [6.07, 6.45) is 0.688. The van der Waals surface area contributed by atoms with E-state index < -0.39 is 17.7 Å². The Labute approximate surface area is 211 Å². The summed E-state index contributed by atoms with van der Waals surface area (Å²) in [4.78, 5) is 27.6. The number of ether oxygens (including phenoxy) is 2. The minimum Gasteiger partial charge on any atom is -0.507 e. The number of hydrogen-bond acceptors (Lipinski definition) is 5. The van der Waals surface area contributed by atoms with Gasteiger partial charge in [-0.2, -0.15) is 0 Å². The van der Waals surface area contributed by atoms with Gasteiger partial charge in [0.05, 0.1) is 18.2 Å². The lowest BCUT2D eigenvalue weighted by Crippen LogP contribution is -2.30. The molecule has 0 spiro atoms. The third-order valence-electron chi connectivity index (χ3n) is 6.20. The zero-order valence-electron chi connectivity index (χ0n) is 20.9. The summed E-state index contributed by atoms with van der Waals surface area (Å²) in [5, 5.41) is 11.3. The Morgan fingerprint density at radius 2 is 1.67 bits per heavy atom.